The Morgan fingerprint density at radius 3 is 2.46 bits per heavy atom. The number of piperazine rings is 1. The van der Waals surface area contributed by atoms with Crippen molar-refractivity contribution < 1.29 is 4.39 Å². The van der Waals surface area contributed by atoms with Gasteiger partial charge in [0.2, 0.25) is 0 Å². The summed E-state index contributed by atoms with van der Waals surface area (Å²) in [5.41, 5.74) is 2.62. The van der Waals surface area contributed by atoms with E-state index < -0.39 is 0 Å². The van der Waals surface area contributed by atoms with Gasteiger partial charge in [-0.25, -0.2) is 9.07 Å². The van der Waals surface area contributed by atoms with Gasteiger partial charge in [-0.1, -0.05) is 26.0 Å². The maximum Gasteiger partial charge on any atom is 0.271 e. The van der Waals surface area contributed by atoms with Gasteiger partial charge in [-0.15, -0.1) is 24.8 Å². The van der Waals surface area contributed by atoms with Gasteiger partial charge in [-0.2, -0.15) is 5.10 Å². The first-order valence-electron chi connectivity index (χ1n) is 9.24. The van der Waals surface area contributed by atoms with Gasteiger partial charge in [0.1, 0.15) is 5.82 Å². The number of nitrogens with one attached hydrogen (secondary N) is 1. The zero-order chi connectivity index (χ0) is 18.7. The lowest BCUT2D eigenvalue weighted by atomic mass is 10.1. The zero-order valence-corrected chi connectivity index (χ0v) is 18.2. The molecule has 1 aliphatic heterocycles. The van der Waals surface area contributed by atoms with Crippen molar-refractivity contribution in [3.05, 3.63) is 51.6 Å². The number of hydrogen-bond acceptors (Lipinski definition) is 4. The Hall–Kier alpha value is -1.47. The number of aryl methyl sites for hydroxylation is 1. The summed E-state index contributed by atoms with van der Waals surface area (Å²) >= 11 is 0. The van der Waals surface area contributed by atoms with Crippen LogP contribution in [0.4, 0.5) is 4.39 Å². The Labute approximate surface area is 178 Å². The number of hydrogen-bond donors (Lipinski definition) is 1. The summed E-state index contributed by atoms with van der Waals surface area (Å²) in [6.07, 6.45) is 0. The van der Waals surface area contributed by atoms with Gasteiger partial charge >= 0.3 is 0 Å². The van der Waals surface area contributed by atoms with E-state index >= 15 is 0 Å². The standard InChI is InChI=1S/C20H27FN4O.2ClH/c1-14(2)12-25-20(26)17(13-24-8-6-22-7-9-24)11-19(23-25)16-5-4-15(3)18(21)10-16;;/h4-5,10-11,14,22H,6-9,12-13H2,1-3H3;2*1H. The molecule has 5 nitrogen and oxygen atoms in total. The molecular formula is C20H29Cl2FN4O. The van der Waals surface area contributed by atoms with Gasteiger partial charge in [0, 0.05) is 50.4 Å². The lowest BCUT2D eigenvalue weighted by Gasteiger charge is -2.27. The van der Waals surface area contributed by atoms with Crippen molar-refractivity contribution in [1.29, 1.82) is 0 Å². The molecule has 0 unspecified atom stereocenters. The van der Waals surface area contributed by atoms with Crippen molar-refractivity contribution in [2.75, 3.05) is 26.2 Å². The van der Waals surface area contributed by atoms with Crippen LogP contribution in [-0.4, -0.2) is 40.9 Å². The molecule has 0 aliphatic carbocycles. The molecule has 1 N–H and O–H groups in total. The van der Waals surface area contributed by atoms with Crippen molar-refractivity contribution in [2.24, 2.45) is 5.92 Å². The predicted molar refractivity (Wildman–Crippen MR) is 116 cm³/mol. The second-order valence-electron chi connectivity index (χ2n) is 7.43. The summed E-state index contributed by atoms with van der Waals surface area (Å²) in [4.78, 5) is 15.1. The van der Waals surface area contributed by atoms with Gasteiger partial charge in [-0.05, 0) is 30.5 Å². The summed E-state index contributed by atoms with van der Waals surface area (Å²) in [6.45, 7) is 10.7. The SMILES string of the molecule is Cc1ccc(-c2cc(CN3CCNCC3)c(=O)n(CC(C)C)n2)cc1F.Cl.Cl. The number of benzene rings is 1. The fourth-order valence-electron chi connectivity index (χ4n) is 3.18. The van der Waals surface area contributed by atoms with Gasteiger partial charge in [0.15, 0.2) is 0 Å². The van der Waals surface area contributed by atoms with E-state index in [1.54, 1.807) is 13.0 Å². The molecule has 0 atom stereocenters. The number of aromatic nitrogens is 2. The lowest BCUT2D eigenvalue weighted by molar-refractivity contribution is 0.231. The number of rotatable bonds is 5. The Balaban J connectivity index is 0.00000196. The molecule has 2 aromatic rings. The molecule has 0 amide bonds. The largest absolute Gasteiger partial charge is 0.314 e. The monoisotopic (exact) mass is 430 g/mol. The van der Waals surface area contributed by atoms with Crippen LogP contribution in [-0.2, 0) is 13.1 Å². The Kier molecular flexibility index (Phi) is 9.57. The van der Waals surface area contributed by atoms with Crippen molar-refractivity contribution in [3.8, 4) is 11.3 Å². The van der Waals surface area contributed by atoms with Crippen LogP contribution in [0.15, 0.2) is 29.1 Å². The molecular weight excluding hydrogens is 402 g/mol. The van der Waals surface area contributed by atoms with Gasteiger partial charge in [0.05, 0.1) is 5.69 Å². The van der Waals surface area contributed by atoms with E-state index in [-0.39, 0.29) is 36.2 Å². The molecule has 2 heterocycles. The summed E-state index contributed by atoms with van der Waals surface area (Å²) in [7, 11) is 0. The second kappa shape index (κ2) is 10.9. The fraction of sp³-hybridized carbons (Fsp3) is 0.500. The molecule has 156 valence electrons. The summed E-state index contributed by atoms with van der Waals surface area (Å²) < 4.78 is 15.6. The quantitative estimate of drug-likeness (QED) is 0.790. The van der Waals surface area contributed by atoms with Crippen LogP contribution in [0.3, 0.4) is 0 Å². The van der Waals surface area contributed by atoms with Crippen molar-refractivity contribution in [3.63, 3.8) is 0 Å². The minimum absolute atomic E-state index is 0. The van der Waals surface area contributed by atoms with Gasteiger partial charge in [-0.3, -0.25) is 9.69 Å². The average Bonchev–Trinajstić information content (AvgIpc) is 2.61. The molecule has 1 fully saturated rings. The summed E-state index contributed by atoms with van der Waals surface area (Å²) in [5, 5.41) is 7.84. The first kappa shape index (κ1) is 24.6. The van der Waals surface area contributed by atoms with Crippen LogP contribution in [0.1, 0.15) is 25.0 Å². The normalized spacial score (nSPS) is 14.5. The third kappa shape index (κ3) is 6.01. The van der Waals surface area contributed by atoms with E-state index in [4.69, 9.17) is 0 Å². The van der Waals surface area contributed by atoms with E-state index in [1.165, 1.54) is 10.7 Å². The highest BCUT2D eigenvalue weighted by atomic mass is 35.5. The van der Waals surface area contributed by atoms with Gasteiger partial charge in [0.25, 0.3) is 5.56 Å². The van der Waals surface area contributed by atoms with Crippen LogP contribution < -0.4 is 10.9 Å². The first-order valence-corrected chi connectivity index (χ1v) is 9.24. The molecule has 8 heteroatoms. The Morgan fingerprint density at radius 1 is 1.18 bits per heavy atom. The Morgan fingerprint density at radius 2 is 1.86 bits per heavy atom. The van der Waals surface area contributed by atoms with E-state index in [0.29, 0.717) is 35.8 Å². The van der Waals surface area contributed by atoms with E-state index in [1.807, 2.05) is 12.1 Å². The molecule has 0 bridgehead atoms. The molecule has 1 aromatic carbocycles. The summed E-state index contributed by atoms with van der Waals surface area (Å²) in [5.74, 6) is 0.0480. The smallest absolute Gasteiger partial charge is 0.271 e. The molecule has 1 aromatic heterocycles. The van der Waals surface area contributed by atoms with E-state index in [9.17, 15) is 9.18 Å². The maximum atomic E-state index is 14.0. The molecule has 3 rings (SSSR count). The van der Waals surface area contributed by atoms with Crippen LogP contribution in [0.25, 0.3) is 11.3 Å². The average molecular weight is 431 g/mol. The Bertz CT molecular complexity index is 835. The maximum absolute atomic E-state index is 14.0. The third-order valence-electron chi connectivity index (χ3n) is 4.66. The van der Waals surface area contributed by atoms with Crippen LogP contribution in [0, 0.1) is 18.7 Å². The van der Waals surface area contributed by atoms with E-state index in [0.717, 1.165) is 31.7 Å². The molecule has 0 radical (unpaired) electrons. The zero-order valence-electron chi connectivity index (χ0n) is 16.6. The third-order valence-corrected chi connectivity index (χ3v) is 4.66. The van der Waals surface area contributed by atoms with Crippen molar-refractivity contribution in [1.82, 2.24) is 20.0 Å². The van der Waals surface area contributed by atoms with Crippen molar-refractivity contribution in [2.45, 2.75) is 33.9 Å². The number of nitrogens with zero attached hydrogens (tertiary/aromatic N) is 3. The topological polar surface area (TPSA) is 50.2 Å². The van der Waals surface area contributed by atoms with E-state index in [2.05, 4.69) is 29.2 Å². The molecule has 0 spiro atoms. The second-order valence-corrected chi connectivity index (χ2v) is 7.43. The highest BCUT2D eigenvalue weighted by Gasteiger charge is 2.16. The molecule has 1 saturated heterocycles. The van der Waals surface area contributed by atoms with Crippen LogP contribution in [0.2, 0.25) is 0 Å². The van der Waals surface area contributed by atoms with Crippen molar-refractivity contribution >= 4 is 24.8 Å². The first-order chi connectivity index (χ1) is 12.4. The highest BCUT2D eigenvalue weighted by molar-refractivity contribution is 5.85. The highest BCUT2D eigenvalue weighted by Crippen LogP contribution is 2.20. The molecule has 28 heavy (non-hydrogen) atoms. The van der Waals surface area contributed by atoms with Gasteiger partial charge < -0.3 is 5.32 Å². The summed E-state index contributed by atoms with van der Waals surface area (Å²) in [6, 6.07) is 6.93. The fourth-order valence-corrected chi connectivity index (χ4v) is 3.18. The predicted octanol–water partition coefficient (Wildman–Crippen LogP) is 3.26. The minimum Gasteiger partial charge on any atom is -0.314 e. The lowest BCUT2D eigenvalue weighted by Crippen LogP contribution is -2.44. The number of halogens is 3. The van der Waals surface area contributed by atoms with Crippen LogP contribution >= 0.6 is 24.8 Å². The molecule has 0 saturated carbocycles. The molecule has 1 aliphatic rings. The van der Waals surface area contributed by atoms with Crippen LogP contribution in [0.5, 0.6) is 0 Å². The minimum atomic E-state index is -0.255.